The summed E-state index contributed by atoms with van der Waals surface area (Å²) < 4.78 is 0. The largest absolute Gasteiger partial charge is 0.507 e. The van der Waals surface area contributed by atoms with Crippen LogP contribution in [0.25, 0.3) is 0 Å². The summed E-state index contributed by atoms with van der Waals surface area (Å²) in [7, 11) is 0. The number of carbonyl (C=O) groups is 2. The molecule has 1 aromatic rings. The molecule has 0 aromatic heterocycles. The molecular weight excluding hydrogens is 316 g/mol. The molecule has 0 atom stereocenters. The van der Waals surface area contributed by atoms with Crippen LogP contribution in [-0.2, 0) is 11.2 Å². The van der Waals surface area contributed by atoms with Crippen molar-refractivity contribution in [1.29, 1.82) is 0 Å². The third kappa shape index (κ3) is 4.70. The van der Waals surface area contributed by atoms with Gasteiger partial charge >= 0.3 is 0 Å². The van der Waals surface area contributed by atoms with Crippen molar-refractivity contribution < 1.29 is 19.8 Å². The van der Waals surface area contributed by atoms with Crippen molar-refractivity contribution in [2.45, 2.75) is 40.0 Å². The zero-order valence-electron chi connectivity index (χ0n) is 13.5. The van der Waals surface area contributed by atoms with E-state index in [0.717, 1.165) is 24.7 Å². The van der Waals surface area contributed by atoms with Gasteiger partial charge in [-0.15, -0.1) is 0 Å². The fourth-order valence-electron chi connectivity index (χ4n) is 2.17. The molecule has 0 spiro atoms. The monoisotopic (exact) mass is 336 g/mol. The molecule has 124 valence electrons. The SMILES string of the molecule is CC(C=O)=CCCC(C)=CCc1c(O)c(Cl)c(C)c(C=O)c1O. The Labute approximate surface area is 141 Å². The minimum absolute atomic E-state index is 0.0792. The fraction of sp³-hybridized carbons (Fsp3) is 0.333. The number of halogens is 1. The van der Waals surface area contributed by atoms with E-state index in [9.17, 15) is 19.8 Å². The van der Waals surface area contributed by atoms with Crippen LogP contribution in [0.1, 0.15) is 48.2 Å². The van der Waals surface area contributed by atoms with E-state index < -0.39 is 0 Å². The number of phenolic OH excluding ortho intramolecular Hbond substituents is 2. The van der Waals surface area contributed by atoms with Gasteiger partial charge in [0.25, 0.3) is 0 Å². The second-order valence-electron chi connectivity index (χ2n) is 5.51. The predicted molar refractivity (Wildman–Crippen MR) is 91.4 cm³/mol. The Morgan fingerprint density at radius 3 is 2.35 bits per heavy atom. The molecule has 0 aliphatic heterocycles. The van der Waals surface area contributed by atoms with Gasteiger partial charge in [0.1, 0.15) is 17.8 Å². The molecule has 0 bridgehead atoms. The Balaban J connectivity index is 2.97. The van der Waals surface area contributed by atoms with E-state index in [1.165, 1.54) is 0 Å². The Bertz CT molecular complexity index is 672. The van der Waals surface area contributed by atoms with E-state index in [-0.39, 0.29) is 34.1 Å². The van der Waals surface area contributed by atoms with Crippen LogP contribution in [0.4, 0.5) is 0 Å². The second-order valence-corrected chi connectivity index (χ2v) is 5.88. The quantitative estimate of drug-likeness (QED) is 0.442. The number of phenols is 2. The highest BCUT2D eigenvalue weighted by molar-refractivity contribution is 6.33. The van der Waals surface area contributed by atoms with Gasteiger partial charge in [-0.2, -0.15) is 0 Å². The summed E-state index contributed by atoms with van der Waals surface area (Å²) in [6.45, 7) is 5.24. The molecule has 0 saturated heterocycles. The lowest BCUT2D eigenvalue weighted by Gasteiger charge is -2.13. The van der Waals surface area contributed by atoms with Gasteiger partial charge in [0, 0.05) is 5.56 Å². The molecule has 0 unspecified atom stereocenters. The summed E-state index contributed by atoms with van der Waals surface area (Å²) in [5, 5.41) is 20.3. The van der Waals surface area contributed by atoms with Crippen LogP contribution in [0.15, 0.2) is 23.3 Å². The number of hydrogen-bond donors (Lipinski definition) is 2. The van der Waals surface area contributed by atoms with Crippen molar-refractivity contribution in [2.24, 2.45) is 0 Å². The summed E-state index contributed by atoms with van der Waals surface area (Å²) in [4.78, 5) is 21.6. The lowest BCUT2D eigenvalue weighted by molar-refractivity contribution is -0.104. The van der Waals surface area contributed by atoms with Crippen molar-refractivity contribution in [3.63, 3.8) is 0 Å². The highest BCUT2D eigenvalue weighted by Crippen LogP contribution is 2.40. The standard InChI is InChI=1S/C18H21ClO4/c1-11(5-4-6-12(2)9-20)7-8-14-17(22)15(10-21)13(3)16(19)18(14)23/h6-7,9-10,22-23H,4-5,8H2,1-3H3. The van der Waals surface area contributed by atoms with E-state index in [2.05, 4.69) is 0 Å². The summed E-state index contributed by atoms with van der Waals surface area (Å²) in [6, 6.07) is 0. The molecule has 5 heteroatoms. The molecule has 1 rings (SSSR count). The smallest absolute Gasteiger partial charge is 0.154 e. The van der Waals surface area contributed by atoms with Crippen LogP contribution in [0, 0.1) is 6.92 Å². The van der Waals surface area contributed by atoms with Crippen LogP contribution >= 0.6 is 11.6 Å². The summed E-state index contributed by atoms with van der Waals surface area (Å²) in [5.74, 6) is -0.437. The maximum absolute atomic E-state index is 11.1. The number of aromatic hydroxyl groups is 2. The van der Waals surface area contributed by atoms with Crippen molar-refractivity contribution in [1.82, 2.24) is 0 Å². The molecule has 4 nitrogen and oxygen atoms in total. The molecular formula is C18H21ClO4. The first-order valence-electron chi connectivity index (χ1n) is 7.29. The summed E-state index contributed by atoms with van der Waals surface area (Å²) in [5.41, 5.74) is 2.42. The van der Waals surface area contributed by atoms with E-state index in [1.807, 2.05) is 19.1 Å². The van der Waals surface area contributed by atoms with E-state index in [0.29, 0.717) is 17.4 Å². The Morgan fingerprint density at radius 2 is 1.78 bits per heavy atom. The Kier molecular flexibility index (Phi) is 7.04. The van der Waals surface area contributed by atoms with E-state index in [1.54, 1.807) is 13.8 Å². The number of aldehydes is 2. The van der Waals surface area contributed by atoms with Gasteiger partial charge in [0.05, 0.1) is 10.6 Å². The Hall–Kier alpha value is -2.07. The second kappa shape index (κ2) is 8.53. The highest BCUT2D eigenvalue weighted by atomic mass is 35.5. The summed E-state index contributed by atoms with van der Waals surface area (Å²) in [6.07, 6.45) is 6.81. The van der Waals surface area contributed by atoms with E-state index in [4.69, 9.17) is 11.6 Å². The first kappa shape index (κ1) is 19.0. The number of benzene rings is 1. The molecule has 0 aliphatic rings. The first-order valence-corrected chi connectivity index (χ1v) is 7.66. The van der Waals surface area contributed by atoms with Crippen molar-refractivity contribution in [3.8, 4) is 11.5 Å². The lowest BCUT2D eigenvalue weighted by atomic mass is 9.99. The topological polar surface area (TPSA) is 74.6 Å². The van der Waals surface area contributed by atoms with Crippen molar-refractivity contribution in [2.75, 3.05) is 0 Å². The van der Waals surface area contributed by atoms with Gasteiger partial charge < -0.3 is 10.2 Å². The maximum Gasteiger partial charge on any atom is 0.154 e. The van der Waals surface area contributed by atoms with Gasteiger partial charge in [-0.3, -0.25) is 9.59 Å². The molecule has 0 aliphatic carbocycles. The van der Waals surface area contributed by atoms with Gasteiger partial charge in [0.15, 0.2) is 6.29 Å². The zero-order chi connectivity index (χ0) is 17.6. The molecule has 2 N–H and O–H groups in total. The van der Waals surface area contributed by atoms with Crippen LogP contribution in [0.2, 0.25) is 5.02 Å². The van der Waals surface area contributed by atoms with Crippen LogP contribution in [-0.4, -0.2) is 22.8 Å². The molecule has 0 radical (unpaired) electrons. The van der Waals surface area contributed by atoms with Gasteiger partial charge in [0.2, 0.25) is 0 Å². The number of rotatable bonds is 7. The molecule has 23 heavy (non-hydrogen) atoms. The zero-order valence-corrected chi connectivity index (χ0v) is 14.3. The van der Waals surface area contributed by atoms with Gasteiger partial charge in [-0.25, -0.2) is 0 Å². The molecule has 0 amide bonds. The van der Waals surface area contributed by atoms with Crippen molar-refractivity contribution >= 4 is 24.2 Å². The molecule has 0 heterocycles. The minimum atomic E-state index is -0.236. The van der Waals surface area contributed by atoms with Crippen LogP contribution < -0.4 is 0 Å². The lowest BCUT2D eigenvalue weighted by Crippen LogP contribution is -1.96. The molecule has 0 fully saturated rings. The third-order valence-corrected chi connectivity index (χ3v) is 4.19. The third-order valence-electron chi connectivity index (χ3n) is 3.73. The molecule has 0 saturated carbocycles. The number of hydrogen-bond acceptors (Lipinski definition) is 4. The minimum Gasteiger partial charge on any atom is -0.507 e. The van der Waals surface area contributed by atoms with Crippen LogP contribution in [0.5, 0.6) is 11.5 Å². The number of carbonyl (C=O) groups excluding carboxylic acids is 2. The van der Waals surface area contributed by atoms with Gasteiger partial charge in [-0.05, 0) is 51.2 Å². The summed E-state index contributed by atoms with van der Waals surface area (Å²) >= 11 is 6.01. The molecule has 1 aromatic carbocycles. The highest BCUT2D eigenvalue weighted by Gasteiger charge is 2.19. The Morgan fingerprint density at radius 1 is 1.13 bits per heavy atom. The van der Waals surface area contributed by atoms with Crippen molar-refractivity contribution in [3.05, 3.63) is 45.0 Å². The predicted octanol–water partition coefficient (Wildman–Crippen LogP) is 4.29. The average Bonchev–Trinajstić information content (AvgIpc) is 2.53. The maximum atomic E-state index is 11.1. The van der Waals surface area contributed by atoms with Crippen LogP contribution in [0.3, 0.4) is 0 Å². The van der Waals surface area contributed by atoms with Gasteiger partial charge in [-0.1, -0.05) is 29.3 Å². The average molecular weight is 337 g/mol. The fourth-order valence-corrected chi connectivity index (χ4v) is 2.39. The van der Waals surface area contributed by atoms with E-state index >= 15 is 0 Å². The first-order chi connectivity index (χ1) is 10.8. The number of allylic oxidation sites excluding steroid dienone is 4. The normalized spacial score (nSPS) is 12.3.